The largest absolute Gasteiger partial charge is 0.323 e. The van der Waals surface area contributed by atoms with Crippen molar-refractivity contribution in [2.45, 2.75) is 20.3 Å². The molecule has 3 rings (SSSR count). The lowest BCUT2D eigenvalue weighted by molar-refractivity contribution is -0.117. The van der Waals surface area contributed by atoms with Crippen molar-refractivity contribution in [2.24, 2.45) is 11.8 Å². The first kappa shape index (κ1) is 15.8. The maximum Gasteiger partial charge on any atom is 0.238 e. The Kier molecular flexibility index (Phi) is 4.71. The number of amides is 1. The molecule has 0 radical (unpaired) electrons. The van der Waals surface area contributed by atoms with Gasteiger partial charge in [0.1, 0.15) is 0 Å². The molecule has 0 spiro atoms. The molecule has 2 aliphatic heterocycles. The summed E-state index contributed by atoms with van der Waals surface area (Å²) in [5.41, 5.74) is 2.86. The molecule has 120 valence electrons. The van der Waals surface area contributed by atoms with E-state index in [4.69, 9.17) is 11.6 Å². The van der Waals surface area contributed by atoms with Crippen LogP contribution in [0.3, 0.4) is 0 Å². The predicted molar refractivity (Wildman–Crippen MR) is 90.5 cm³/mol. The number of nitrogens with zero attached hydrogens (tertiary/aromatic N) is 1. The number of nitrogens with one attached hydrogen (secondary N) is 2. The van der Waals surface area contributed by atoms with Crippen LogP contribution in [0.1, 0.15) is 17.5 Å². The Morgan fingerprint density at radius 2 is 2.14 bits per heavy atom. The minimum absolute atomic E-state index is 0.0262. The molecule has 5 heteroatoms. The van der Waals surface area contributed by atoms with Crippen LogP contribution in [-0.4, -0.2) is 43.5 Å². The van der Waals surface area contributed by atoms with Gasteiger partial charge in [0.15, 0.2) is 0 Å². The van der Waals surface area contributed by atoms with Gasteiger partial charge in [-0.15, -0.1) is 0 Å². The number of hydrogen-bond acceptors (Lipinski definition) is 3. The summed E-state index contributed by atoms with van der Waals surface area (Å²) in [5.74, 6) is 1.53. The second-order valence-corrected chi connectivity index (χ2v) is 7.10. The minimum Gasteiger partial charge on any atom is -0.323 e. The number of carbonyl (C=O) groups excluding carboxylic acids is 1. The van der Waals surface area contributed by atoms with Crippen LogP contribution in [0, 0.1) is 25.7 Å². The lowest BCUT2D eigenvalue weighted by Gasteiger charge is -2.33. The third kappa shape index (κ3) is 3.45. The summed E-state index contributed by atoms with van der Waals surface area (Å²) in [7, 11) is 0. The first-order chi connectivity index (χ1) is 10.5. The fourth-order valence-corrected chi connectivity index (χ4v) is 4.08. The summed E-state index contributed by atoms with van der Waals surface area (Å²) in [6.45, 7) is 8.69. The first-order valence-electron chi connectivity index (χ1n) is 8.02. The molecule has 2 saturated heterocycles. The molecule has 2 atom stereocenters. The minimum atomic E-state index is 0.0262. The van der Waals surface area contributed by atoms with Gasteiger partial charge in [0.05, 0.1) is 17.3 Å². The Hall–Kier alpha value is -1.10. The van der Waals surface area contributed by atoms with E-state index in [1.807, 2.05) is 26.0 Å². The number of likely N-dealkylation sites (tertiary alicyclic amines) is 1. The lowest BCUT2D eigenvalue weighted by atomic mass is 9.89. The van der Waals surface area contributed by atoms with Gasteiger partial charge >= 0.3 is 0 Å². The highest BCUT2D eigenvalue weighted by molar-refractivity contribution is 6.34. The predicted octanol–water partition coefficient (Wildman–Crippen LogP) is 2.44. The molecule has 22 heavy (non-hydrogen) atoms. The molecular weight excluding hydrogens is 298 g/mol. The summed E-state index contributed by atoms with van der Waals surface area (Å²) < 4.78 is 0. The van der Waals surface area contributed by atoms with E-state index in [0.717, 1.165) is 48.9 Å². The van der Waals surface area contributed by atoms with Gasteiger partial charge < -0.3 is 10.6 Å². The Balaban J connectivity index is 1.59. The van der Waals surface area contributed by atoms with Gasteiger partial charge in [-0.05, 0) is 68.9 Å². The van der Waals surface area contributed by atoms with Gasteiger partial charge in [0.25, 0.3) is 0 Å². The number of benzene rings is 1. The van der Waals surface area contributed by atoms with Crippen molar-refractivity contribution in [2.75, 3.05) is 38.0 Å². The number of halogens is 1. The molecule has 2 N–H and O–H groups in total. The molecule has 0 aromatic heterocycles. The molecule has 2 heterocycles. The standard InChI is InChI=1S/C17H24ClN3O/c1-11-5-12(2)17(15(18)6-11)20-16(22)10-21-4-3-13-7-19-8-14(13)9-21/h5-6,13-14,19H,3-4,7-10H2,1-2H3,(H,20,22). The van der Waals surface area contributed by atoms with Crippen molar-refractivity contribution < 1.29 is 4.79 Å². The molecule has 1 aromatic rings. The normalized spacial score (nSPS) is 25.0. The van der Waals surface area contributed by atoms with Crippen LogP contribution in [0.15, 0.2) is 12.1 Å². The van der Waals surface area contributed by atoms with E-state index in [1.54, 1.807) is 0 Å². The Bertz CT molecular complexity index is 552. The highest BCUT2D eigenvalue weighted by Crippen LogP contribution is 2.28. The van der Waals surface area contributed by atoms with E-state index >= 15 is 0 Å². The molecule has 4 nitrogen and oxygen atoms in total. The lowest BCUT2D eigenvalue weighted by Crippen LogP contribution is -2.43. The first-order valence-corrected chi connectivity index (χ1v) is 8.40. The van der Waals surface area contributed by atoms with E-state index in [0.29, 0.717) is 17.5 Å². The quantitative estimate of drug-likeness (QED) is 0.898. The Morgan fingerprint density at radius 3 is 2.91 bits per heavy atom. The number of anilines is 1. The van der Waals surface area contributed by atoms with Crippen LogP contribution in [0.2, 0.25) is 5.02 Å². The molecule has 0 bridgehead atoms. The molecule has 2 aliphatic rings. The smallest absolute Gasteiger partial charge is 0.238 e. The number of carbonyl (C=O) groups is 1. The monoisotopic (exact) mass is 321 g/mol. The van der Waals surface area contributed by atoms with Crippen molar-refractivity contribution >= 4 is 23.2 Å². The van der Waals surface area contributed by atoms with Crippen molar-refractivity contribution in [3.63, 3.8) is 0 Å². The number of fused-ring (bicyclic) bond motifs is 1. The van der Waals surface area contributed by atoms with Gasteiger partial charge in [0.2, 0.25) is 5.91 Å². The second-order valence-electron chi connectivity index (χ2n) is 6.69. The van der Waals surface area contributed by atoms with E-state index in [1.165, 1.54) is 6.42 Å². The van der Waals surface area contributed by atoms with Gasteiger partial charge in [-0.25, -0.2) is 0 Å². The third-order valence-corrected chi connectivity index (χ3v) is 5.15. The van der Waals surface area contributed by atoms with E-state index in [2.05, 4.69) is 15.5 Å². The van der Waals surface area contributed by atoms with Crippen LogP contribution in [0.25, 0.3) is 0 Å². The average Bonchev–Trinajstić information content (AvgIpc) is 2.90. The molecule has 0 aliphatic carbocycles. The number of piperidine rings is 1. The maximum absolute atomic E-state index is 12.3. The maximum atomic E-state index is 12.3. The third-order valence-electron chi connectivity index (χ3n) is 4.85. The van der Waals surface area contributed by atoms with Gasteiger partial charge in [-0.2, -0.15) is 0 Å². The van der Waals surface area contributed by atoms with Crippen LogP contribution >= 0.6 is 11.6 Å². The fourth-order valence-electron chi connectivity index (χ4n) is 3.71. The SMILES string of the molecule is Cc1cc(C)c(NC(=O)CN2CCC3CNCC3C2)c(Cl)c1. The van der Waals surface area contributed by atoms with E-state index in [9.17, 15) is 4.79 Å². The topological polar surface area (TPSA) is 44.4 Å². The van der Waals surface area contributed by atoms with Gasteiger partial charge in [-0.1, -0.05) is 17.7 Å². The van der Waals surface area contributed by atoms with Crippen LogP contribution in [-0.2, 0) is 4.79 Å². The summed E-state index contributed by atoms with van der Waals surface area (Å²) in [6.07, 6.45) is 1.19. The van der Waals surface area contributed by atoms with Crippen LogP contribution in [0.4, 0.5) is 5.69 Å². The zero-order valence-corrected chi connectivity index (χ0v) is 14.0. The average molecular weight is 322 g/mol. The van der Waals surface area contributed by atoms with Crippen LogP contribution in [0.5, 0.6) is 0 Å². The number of aryl methyl sites for hydroxylation is 2. The molecule has 1 aromatic carbocycles. The van der Waals surface area contributed by atoms with Gasteiger partial charge in [0, 0.05) is 6.54 Å². The van der Waals surface area contributed by atoms with Gasteiger partial charge in [-0.3, -0.25) is 9.69 Å². The zero-order valence-electron chi connectivity index (χ0n) is 13.3. The van der Waals surface area contributed by atoms with Crippen molar-refractivity contribution in [1.29, 1.82) is 0 Å². The number of rotatable bonds is 3. The zero-order chi connectivity index (χ0) is 15.7. The summed E-state index contributed by atoms with van der Waals surface area (Å²) in [5, 5.41) is 7.05. The highest BCUT2D eigenvalue weighted by atomic mass is 35.5. The Morgan fingerprint density at radius 1 is 1.36 bits per heavy atom. The highest BCUT2D eigenvalue weighted by Gasteiger charge is 2.33. The molecule has 2 unspecified atom stereocenters. The van der Waals surface area contributed by atoms with E-state index < -0.39 is 0 Å². The van der Waals surface area contributed by atoms with Crippen molar-refractivity contribution in [1.82, 2.24) is 10.2 Å². The summed E-state index contributed by atoms with van der Waals surface area (Å²) in [4.78, 5) is 14.6. The van der Waals surface area contributed by atoms with Crippen molar-refractivity contribution in [3.05, 3.63) is 28.3 Å². The summed E-state index contributed by atoms with van der Waals surface area (Å²) >= 11 is 6.26. The molecule has 0 saturated carbocycles. The molecular formula is C17H24ClN3O. The second kappa shape index (κ2) is 6.57. The fraction of sp³-hybridized carbons (Fsp3) is 0.588. The molecule has 1 amide bonds. The van der Waals surface area contributed by atoms with E-state index in [-0.39, 0.29) is 5.91 Å². The van der Waals surface area contributed by atoms with Crippen LogP contribution < -0.4 is 10.6 Å². The Labute approximate surface area is 137 Å². The molecule has 2 fully saturated rings. The van der Waals surface area contributed by atoms with Crippen molar-refractivity contribution in [3.8, 4) is 0 Å². The summed E-state index contributed by atoms with van der Waals surface area (Å²) in [6, 6.07) is 3.93. The number of hydrogen-bond donors (Lipinski definition) is 2.